The van der Waals surface area contributed by atoms with Gasteiger partial charge >= 0.3 is 13.2 Å². The van der Waals surface area contributed by atoms with E-state index in [-0.39, 0.29) is 5.91 Å². The number of hydrogen-bond acceptors (Lipinski definition) is 5. The highest BCUT2D eigenvalue weighted by Crippen LogP contribution is 2.39. The number of nitrogens with zero attached hydrogens (tertiary/aromatic N) is 3. The minimum Gasteiger partial charge on any atom is -0.465 e. The van der Waals surface area contributed by atoms with Crippen LogP contribution in [-0.4, -0.2) is 63.9 Å². The Labute approximate surface area is 230 Å². The number of rotatable bonds is 4. The molecule has 2 aliphatic heterocycles. The number of aromatic nitrogens is 1. The van der Waals surface area contributed by atoms with Gasteiger partial charge in [0.2, 0.25) is 0 Å². The third-order valence-electron chi connectivity index (χ3n) is 7.93. The summed E-state index contributed by atoms with van der Waals surface area (Å²) >= 11 is 6.58. The van der Waals surface area contributed by atoms with Crippen molar-refractivity contribution in [1.82, 2.24) is 9.88 Å². The monoisotopic (exact) mass is 541 g/mol. The first-order valence-electron chi connectivity index (χ1n) is 13.0. The third kappa shape index (κ3) is 5.29. The molecule has 1 aromatic heterocycles. The van der Waals surface area contributed by atoms with Gasteiger partial charge in [-0.25, -0.2) is 9.78 Å². The maximum atomic E-state index is 14.2. The number of amides is 2. The Morgan fingerprint density at radius 1 is 1.11 bits per heavy atom. The molecule has 0 saturated carbocycles. The summed E-state index contributed by atoms with van der Waals surface area (Å²) in [4.78, 5) is 33.9. The van der Waals surface area contributed by atoms with Crippen molar-refractivity contribution >= 4 is 42.0 Å². The highest BCUT2D eigenvalue weighted by molar-refractivity contribution is 6.62. The summed E-state index contributed by atoms with van der Waals surface area (Å²) < 4.78 is 12.3. The van der Waals surface area contributed by atoms with E-state index in [0.717, 1.165) is 5.46 Å². The van der Waals surface area contributed by atoms with Crippen LogP contribution >= 0.6 is 11.6 Å². The molecule has 1 N–H and O–H groups in total. The van der Waals surface area contributed by atoms with Crippen LogP contribution in [0.3, 0.4) is 0 Å². The summed E-state index contributed by atoms with van der Waals surface area (Å²) in [7, 11) is -0.543. The number of benzene rings is 1. The van der Waals surface area contributed by atoms with Gasteiger partial charge in [0, 0.05) is 18.3 Å². The molecule has 8 nitrogen and oxygen atoms in total. The maximum Gasteiger partial charge on any atom is 0.494 e. The molecule has 2 aromatic rings. The number of hydrogen-bond donors (Lipinski definition) is 1. The van der Waals surface area contributed by atoms with Crippen LogP contribution in [0.4, 0.5) is 10.6 Å². The highest BCUT2D eigenvalue weighted by atomic mass is 35.5. The summed E-state index contributed by atoms with van der Waals surface area (Å²) in [6, 6.07) is 9.64. The molecule has 0 bridgehead atoms. The molecule has 1 unspecified atom stereocenters. The molecule has 3 heterocycles. The smallest absolute Gasteiger partial charge is 0.465 e. The molecule has 1 aromatic carbocycles. The lowest BCUT2D eigenvalue weighted by Crippen LogP contribution is -2.63. The summed E-state index contributed by atoms with van der Waals surface area (Å²) in [6.07, 6.45) is 1.84. The normalized spacial score (nSPS) is 22.8. The molecule has 2 amide bonds. The Hall–Kier alpha value is -2.62. The highest BCUT2D eigenvalue weighted by Gasteiger charge is 2.52. The summed E-state index contributed by atoms with van der Waals surface area (Å²) in [5.41, 5.74) is -0.142. The number of anilines is 1. The minimum atomic E-state index is -0.999. The summed E-state index contributed by atoms with van der Waals surface area (Å²) in [5, 5.41) is 10.3. The molecular weight excluding hydrogens is 505 g/mol. The van der Waals surface area contributed by atoms with Crippen LogP contribution in [0, 0.1) is 5.41 Å². The lowest BCUT2D eigenvalue weighted by molar-refractivity contribution is 0.00578. The van der Waals surface area contributed by atoms with Crippen molar-refractivity contribution in [3.8, 4) is 0 Å². The summed E-state index contributed by atoms with van der Waals surface area (Å²) in [6.45, 7) is 14.4. The van der Waals surface area contributed by atoms with E-state index in [9.17, 15) is 14.7 Å². The second-order valence-corrected chi connectivity index (χ2v) is 12.6. The molecule has 2 aliphatic rings. The van der Waals surface area contributed by atoms with Gasteiger partial charge in [-0.3, -0.25) is 9.69 Å². The Morgan fingerprint density at radius 3 is 2.24 bits per heavy atom. The van der Waals surface area contributed by atoms with Crippen molar-refractivity contribution in [3.63, 3.8) is 0 Å². The fraction of sp³-hybridized carbons (Fsp3) is 0.536. The van der Waals surface area contributed by atoms with E-state index in [1.807, 2.05) is 60.6 Å². The van der Waals surface area contributed by atoms with Crippen LogP contribution in [-0.2, 0) is 9.31 Å². The van der Waals surface area contributed by atoms with Gasteiger partial charge in [-0.1, -0.05) is 44.5 Å². The second-order valence-electron chi connectivity index (χ2n) is 12.2. The van der Waals surface area contributed by atoms with Crippen LogP contribution in [0.15, 0.2) is 42.6 Å². The number of halogens is 1. The van der Waals surface area contributed by atoms with Gasteiger partial charge in [-0.15, -0.1) is 0 Å². The quantitative estimate of drug-likeness (QED) is 0.532. The van der Waals surface area contributed by atoms with E-state index >= 15 is 0 Å². The van der Waals surface area contributed by atoms with Gasteiger partial charge in [0.15, 0.2) is 5.82 Å². The Bertz CT molecular complexity index is 1180. The zero-order valence-corrected chi connectivity index (χ0v) is 24.0. The number of carboxylic acid groups (broad SMARTS) is 1. The number of piperidine rings is 1. The molecule has 0 spiro atoms. The Morgan fingerprint density at radius 2 is 1.71 bits per heavy atom. The van der Waals surface area contributed by atoms with Crippen LogP contribution < -0.4 is 10.4 Å². The minimum absolute atomic E-state index is 0.294. The molecule has 0 aliphatic carbocycles. The van der Waals surface area contributed by atoms with Gasteiger partial charge < -0.3 is 19.3 Å². The zero-order chi connectivity index (χ0) is 28.0. The average molecular weight is 542 g/mol. The van der Waals surface area contributed by atoms with Crippen molar-refractivity contribution in [2.45, 2.75) is 84.6 Å². The molecular formula is C28H37BClN3O5. The third-order valence-corrected chi connectivity index (χ3v) is 8.23. The molecule has 38 heavy (non-hydrogen) atoms. The summed E-state index contributed by atoms with van der Waals surface area (Å²) in [5.74, 6) is 0.0262. The first-order chi connectivity index (χ1) is 17.6. The van der Waals surface area contributed by atoms with Gasteiger partial charge in [-0.05, 0) is 75.7 Å². The van der Waals surface area contributed by atoms with Gasteiger partial charge in [0.25, 0.3) is 5.91 Å². The fourth-order valence-corrected chi connectivity index (χ4v) is 5.58. The van der Waals surface area contributed by atoms with Crippen molar-refractivity contribution in [2.75, 3.05) is 11.4 Å². The van der Waals surface area contributed by atoms with Crippen LogP contribution in [0.25, 0.3) is 0 Å². The molecule has 4 rings (SSSR count). The van der Waals surface area contributed by atoms with E-state index in [4.69, 9.17) is 20.9 Å². The molecule has 2 saturated heterocycles. The molecule has 0 radical (unpaired) electrons. The first-order valence-corrected chi connectivity index (χ1v) is 13.4. The SMILES string of the molecule is CC(C)(C)C1[C@H](N(C(=O)c2ccc(B3OC(C)(C)C(C)(C)O3)cc2)c2ncccc2Cl)CCCN1C(=O)O. The predicted molar refractivity (Wildman–Crippen MR) is 149 cm³/mol. The zero-order valence-electron chi connectivity index (χ0n) is 23.2. The van der Waals surface area contributed by atoms with E-state index in [1.54, 1.807) is 35.4 Å². The van der Waals surface area contributed by atoms with Gasteiger partial charge in [-0.2, -0.15) is 0 Å². The number of carbonyl (C=O) groups excluding carboxylic acids is 1. The van der Waals surface area contributed by atoms with E-state index in [2.05, 4.69) is 4.98 Å². The first kappa shape index (κ1) is 28.4. The number of likely N-dealkylation sites (tertiary alicyclic amines) is 1. The lowest BCUT2D eigenvalue weighted by atomic mass is 9.76. The van der Waals surface area contributed by atoms with E-state index < -0.39 is 41.9 Å². The molecule has 2 fully saturated rings. The van der Waals surface area contributed by atoms with Gasteiger partial charge in [0.1, 0.15) is 0 Å². The standard InChI is InChI=1S/C28H37BClN3O5/c1-26(2,3)22-21(11-9-17-32(22)25(35)36)33(23-20(30)10-8-16-31-23)24(34)18-12-14-19(15-13-18)29-37-27(4,5)28(6,7)38-29/h8,10,12-16,21-22H,9,11,17H2,1-7H3,(H,35,36)/t21-,22?/m1/s1. The van der Waals surface area contributed by atoms with E-state index in [1.165, 1.54) is 4.90 Å². The van der Waals surface area contributed by atoms with Gasteiger partial charge in [0.05, 0.1) is 28.3 Å². The maximum absolute atomic E-state index is 14.2. The largest absolute Gasteiger partial charge is 0.494 e. The van der Waals surface area contributed by atoms with Crippen molar-refractivity contribution in [2.24, 2.45) is 5.41 Å². The average Bonchev–Trinajstić information content (AvgIpc) is 3.06. The van der Waals surface area contributed by atoms with Crippen LogP contribution in [0.2, 0.25) is 5.02 Å². The van der Waals surface area contributed by atoms with E-state index in [0.29, 0.717) is 35.8 Å². The van der Waals surface area contributed by atoms with Crippen molar-refractivity contribution in [1.29, 1.82) is 0 Å². The molecule has 2 atom stereocenters. The Kier molecular flexibility index (Phi) is 7.60. The van der Waals surface area contributed by atoms with Crippen molar-refractivity contribution < 1.29 is 24.0 Å². The predicted octanol–water partition coefficient (Wildman–Crippen LogP) is 5.24. The Balaban J connectivity index is 1.72. The number of pyridine rings is 1. The molecule has 204 valence electrons. The lowest BCUT2D eigenvalue weighted by Gasteiger charge is -2.50. The van der Waals surface area contributed by atoms with Crippen LogP contribution in [0.5, 0.6) is 0 Å². The topological polar surface area (TPSA) is 92.2 Å². The number of carbonyl (C=O) groups is 2. The van der Waals surface area contributed by atoms with Crippen molar-refractivity contribution in [3.05, 3.63) is 53.2 Å². The fourth-order valence-electron chi connectivity index (χ4n) is 5.36. The van der Waals surface area contributed by atoms with Crippen LogP contribution in [0.1, 0.15) is 71.7 Å². The molecule has 10 heteroatoms. The second kappa shape index (κ2) is 10.2.